The fraction of sp³-hybridized carbons (Fsp3) is 0.379. The fourth-order valence-electron chi connectivity index (χ4n) is 6.25. The van der Waals surface area contributed by atoms with Gasteiger partial charge in [0.05, 0.1) is 5.69 Å². The lowest BCUT2D eigenvalue weighted by Gasteiger charge is -2.39. The summed E-state index contributed by atoms with van der Waals surface area (Å²) >= 11 is 0. The van der Waals surface area contributed by atoms with E-state index in [2.05, 4.69) is 10.3 Å². The van der Waals surface area contributed by atoms with Gasteiger partial charge in [-0.3, -0.25) is 9.78 Å². The SMILES string of the molecule is O=C(NC1CC1)c1ccc(C2(c3c(F)cc(OCc4ccccn4)cc3F)CC3CCC2C3)cc1. The van der Waals surface area contributed by atoms with Crippen LogP contribution in [-0.2, 0) is 12.0 Å². The summed E-state index contributed by atoms with van der Waals surface area (Å²) < 4.78 is 37.1. The summed E-state index contributed by atoms with van der Waals surface area (Å²) in [4.78, 5) is 16.7. The first-order valence-electron chi connectivity index (χ1n) is 12.5. The molecule has 3 fully saturated rings. The van der Waals surface area contributed by atoms with Gasteiger partial charge in [-0.15, -0.1) is 0 Å². The Morgan fingerprint density at radius 2 is 1.80 bits per heavy atom. The van der Waals surface area contributed by atoms with E-state index in [1.165, 1.54) is 12.1 Å². The van der Waals surface area contributed by atoms with E-state index in [0.29, 0.717) is 23.6 Å². The molecule has 2 bridgehead atoms. The van der Waals surface area contributed by atoms with Gasteiger partial charge in [0.25, 0.3) is 5.91 Å². The topological polar surface area (TPSA) is 51.2 Å². The number of rotatable bonds is 7. The molecule has 1 aromatic heterocycles. The highest BCUT2D eigenvalue weighted by molar-refractivity contribution is 5.94. The number of aromatic nitrogens is 1. The van der Waals surface area contributed by atoms with Crippen molar-refractivity contribution in [2.45, 2.75) is 56.6 Å². The molecule has 3 aliphatic carbocycles. The first-order valence-corrected chi connectivity index (χ1v) is 12.5. The Balaban J connectivity index is 1.33. The van der Waals surface area contributed by atoms with Gasteiger partial charge in [-0.2, -0.15) is 0 Å². The number of nitrogens with zero attached hydrogens (tertiary/aromatic N) is 1. The van der Waals surface area contributed by atoms with Crippen LogP contribution in [0.3, 0.4) is 0 Å². The second-order valence-corrected chi connectivity index (χ2v) is 10.2. The highest BCUT2D eigenvalue weighted by atomic mass is 19.1. The summed E-state index contributed by atoms with van der Waals surface area (Å²) in [7, 11) is 0. The molecule has 3 aromatic rings. The minimum atomic E-state index is -0.734. The maximum Gasteiger partial charge on any atom is 0.251 e. The van der Waals surface area contributed by atoms with Gasteiger partial charge in [0.1, 0.15) is 24.0 Å². The van der Waals surface area contributed by atoms with E-state index in [1.807, 2.05) is 18.2 Å². The predicted molar refractivity (Wildman–Crippen MR) is 128 cm³/mol. The van der Waals surface area contributed by atoms with E-state index in [0.717, 1.165) is 37.7 Å². The van der Waals surface area contributed by atoms with Crippen molar-refractivity contribution in [3.05, 3.63) is 94.8 Å². The van der Waals surface area contributed by atoms with Gasteiger partial charge >= 0.3 is 0 Å². The Kier molecular flexibility index (Phi) is 5.54. The summed E-state index contributed by atoms with van der Waals surface area (Å²) in [5.41, 5.74) is 1.55. The second-order valence-electron chi connectivity index (χ2n) is 10.2. The van der Waals surface area contributed by atoms with Crippen LogP contribution >= 0.6 is 0 Å². The van der Waals surface area contributed by atoms with Crippen molar-refractivity contribution in [2.75, 3.05) is 0 Å². The van der Waals surface area contributed by atoms with Crippen LogP contribution in [0.5, 0.6) is 5.75 Å². The van der Waals surface area contributed by atoms with E-state index in [9.17, 15) is 4.79 Å². The van der Waals surface area contributed by atoms with Crippen molar-refractivity contribution in [3.8, 4) is 5.75 Å². The maximum absolute atomic E-state index is 15.7. The molecule has 1 heterocycles. The number of benzene rings is 2. The molecule has 4 nitrogen and oxygen atoms in total. The average Bonchev–Trinajstić information content (AvgIpc) is 3.44. The number of hydrogen-bond donors (Lipinski definition) is 1. The molecule has 35 heavy (non-hydrogen) atoms. The van der Waals surface area contributed by atoms with Gasteiger partial charge in [-0.05, 0) is 73.8 Å². The summed E-state index contributed by atoms with van der Waals surface area (Å²) in [5, 5.41) is 3.00. The Hall–Kier alpha value is -3.28. The monoisotopic (exact) mass is 474 g/mol. The number of pyridine rings is 1. The molecule has 6 rings (SSSR count). The first-order chi connectivity index (χ1) is 17.0. The minimum absolute atomic E-state index is 0.0900. The second kappa shape index (κ2) is 8.74. The number of amides is 1. The molecule has 0 saturated heterocycles. The fourth-order valence-corrected chi connectivity index (χ4v) is 6.25. The summed E-state index contributed by atoms with van der Waals surface area (Å²) in [5.74, 6) is -0.472. The molecular weight excluding hydrogens is 446 g/mol. The lowest BCUT2D eigenvalue weighted by atomic mass is 9.64. The van der Waals surface area contributed by atoms with Crippen molar-refractivity contribution >= 4 is 5.91 Å². The van der Waals surface area contributed by atoms with Gasteiger partial charge in [0, 0.05) is 40.9 Å². The molecule has 3 aliphatic rings. The number of nitrogens with one attached hydrogen (secondary N) is 1. The molecule has 0 radical (unpaired) electrons. The molecule has 3 atom stereocenters. The normalized spacial score (nSPS) is 25.0. The number of ether oxygens (including phenoxy) is 1. The zero-order chi connectivity index (χ0) is 24.0. The highest BCUT2D eigenvalue weighted by Gasteiger charge is 2.55. The van der Waals surface area contributed by atoms with E-state index < -0.39 is 17.0 Å². The average molecular weight is 475 g/mol. The minimum Gasteiger partial charge on any atom is -0.487 e. The molecule has 1 N–H and O–H groups in total. The van der Waals surface area contributed by atoms with Crippen LogP contribution in [0.4, 0.5) is 8.78 Å². The largest absolute Gasteiger partial charge is 0.487 e. The zero-order valence-electron chi connectivity index (χ0n) is 19.5. The molecule has 3 unspecified atom stereocenters. The van der Waals surface area contributed by atoms with Crippen molar-refractivity contribution in [1.82, 2.24) is 10.3 Å². The molecule has 3 saturated carbocycles. The lowest BCUT2D eigenvalue weighted by Crippen LogP contribution is -2.36. The Bertz CT molecular complexity index is 1220. The van der Waals surface area contributed by atoms with Crippen molar-refractivity contribution in [2.24, 2.45) is 11.8 Å². The Morgan fingerprint density at radius 1 is 1.03 bits per heavy atom. The van der Waals surface area contributed by atoms with Crippen LogP contribution in [0.2, 0.25) is 0 Å². The number of hydrogen-bond acceptors (Lipinski definition) is 3. The third-order valence-electron chi connectivity index (χ3n) is 8.00. The molecule has 0 aliphatic heterocycles. The number of halogens is 2. The quantitative estimate of drug-likeness (QED) is 0.461. The van der Waals surface area contributed by atoms with Gasteiger partial charge in [-0.25, -0.2) is 8.78 Å². The van der Waals surface area contributed by atoms with Gasteiger partial charge in [-0.1, -0.05) is 24.6 Å². The Labute approximate surface area is 203 Å². The number of carbonyl (C=O) groups is 1. The summed E-state index contributed by atoms with van der Waals surface area (Å²) in [6.45, 7) is 0.138. The van der Waals surface area contributed by atoms with Crippen LogP contribution in [-0.4, -0.2) is 16.9 Å². The van der Waals surface area contributed by atoms with Crippen LogP contribution in [0.15, 0.2) is 60.8 Å². The third-order valence-corrected chi connectivity index (χ3v) is 8.00. The molecule has 6 heteroatoms. The van der Waals surface area contributed by atoms with E-state index in [-0.39, 0.29) is 35.8 Å². The first kappa shape index (κ1) is 22.2. The third kappa shape index (κ3) is 4.09. The molecular formula is C29H28F2N2O2. The van der Waals surface area contributed by atoms with Crippen LogP contribution < -0.4 is 10.1 Å². The number of carbonyl (C=O) groups excluding carboxylic acids is 1. The number of fused-ring (bicyclic) bond motifs is 2. The van der Waals surface area contributed by atoms with Gasteiger partial charge in [0.2, 0.25) is 0 Å². The van der Waals surface area contributed by atoms with Crippen molar-refractivity contribution < 1.29 is 18.3 Å². The van der Waals surface area contributed by atoms with Gasteiger partial charge < -0.3 is 10.1 Å². The molecule has 1 amide bonds. The van der Waals surface area contributed by atoms with Crippen LogP contribution in [0.1, 0.15) is 65.7 Å². The summed E-state index contributed by atoms with van der Waals surface area (Å²) in [6, 6.07) is 15.7. The molecule has 180 valence electrons. The van der Waals surface area contributed by atoms with Crippen LogP contribution in [0, 0.1) is 23.5 Å². The van der Waals surface area contributed by atoms with Crippen LogP contribution in [0.25, 0.3) is 0 Å². The zero-order valence-corrected chi connectivity index (χ0v) is 19.5. The highest BCUT2D eigenvalue weighted by Crippen LogP contribution is 2.61. The van der Waals surface area contributed by atoms with Crippen molar-refractivity contribution in [1.29, 1.82) is 0 Å². The van der Waals surface area contributed by atoms with E-state index in [1.54, 1.807) is 30.5 Å². The smallest absolute Gasteiger partial charge is 0.251 e. The van der Waals surface area contributed by atoms with Gasteiger partial charge in [0.15, 0.2) is 0 Å². The lowest BCUT2D eigenvalue weighted by molar-refractivity contribution is 0.0951. The standard InChI is InChI=1S/C29H28F2N2O2/c30-25-14-24(35-17-23-3-1-2-12-32-23)15-26(31)27(25)29(16-18-4-7-21(29)13-18)20-8-5-19(6-9-20)28(34)33-22-10-11-22/h1-3,5-6,8-9,12,14-15,18,21-22H,4,7,10-11,13,16-17H2,(H,33,34). The summed E-state index contributed by atoms with van der Waals surface area (Å²) in [6.07, 6.45) is 7.44. The predicted octanol–water partition coefficient (Wildman–Crippen LogP) is 5.94. The van der Waals surface area contributed by atoms with Crippen molar-refractivity contribution in [3.63, 3.8) is 0 Å². The van der Waals surface area contributed by atoms with E-state index >= 15 is 8.78 Å². The molecule has 0 spiro atoms. The maximum atomic E-state index is 15.7. The Morgan fingerprint density at radius 3 is 2.40 bits per heavy atom. The molecule has 2 aromatic carbocycles. The van der Waals surface area contributed by atoms with E-state index in [4.69, 9.17) is 4.74 Å².